The molecule has 4 rings (SSSR count). The lowest BCUT2D eigenvalue weighted by Gasteiger charge is -2.21. The van der Waals surface area contributed by atoms with Crippen LogP contribution in [0.2, 0.25) is 0 Å². The molecular formula is C20H23FN2O2S. The first kappa shape index (κ1) is 17.8. The molecule has 2 aromatic rings. The largest absolute Gasteiger partial charge is 0.506 e. The maximum Gasteiger partial charge on any atom is 0.136 e. The molecule has 1 aliphatic carbocycles. The summed E-state index contributed by atoms with van der Waals surface area (Å²) in [6, 6.07) is 10.2. The molecule has 2 N–H and O–H groups in total. The van der Waals surface area contributed by atoms with Crippen molar-refractivity contribution in [1.29, 1.82) is 0 Å². The number of hydrogen-bond acceptors (Lipinski definition) is 5. The highest BCUT2D eigenvalue weighted by Crippen LogP contribution is 2.45. The molecule has 1 saturated carbocycles. The number of hydrogen-bond donors (Lipinski definition) is 2. The summed E-state index contributed by atoms with van der Waals surface area (Å²) in [5.74, 6) is 1.23. The average molecular weight is 374 g/mol. The SMILES string of the molecule is Oc1ccc(C(O)CN2C[C@H]3CC(Sc4ccccc4F)C[C@H]3C2)nc1. The minimum absolute atomic E-state index is 0.107. The highest BCUT2D eigenvalue weighted by molar-refractivity contribution is 8.00. The highest BCUT2D eigenvalue weighted by Gasteiger charge is 2.41. The van der Waals surface area contributed by atoms with Crippen molar-refractivity contribution in [1.82, 2.24) is 9.88 Å². The van der Waals surface area contributed by atoms with Gasteiger partial charge in [-0.15, -0.1) is 11.8 Å². The van der Waals surface area contributed by atoms with Gasteiger partial charge in [0.1, 0.15) is 17.7 Å². The van der Waals surface area contributed by atoms with E-state index in [1.165, 1.54) is 12.3 Å². The predicted molar refractivity (Wildman–Crippen MR) is 99.6 cm³/mol. The van der Waals surface area contributed by atoms with Crippen LogP contribution in [0.4, 0.5) is 4.39 Å². The minimum atomic E-state index is -0.641. The van der Waals surface area contributed by atoms with Crippen molar-refractivity contribution in [3.05, 3.63) is 54.1 Å². The van der Waals surface area contributed by atoms with Crippen LogP contribution in [-0.4, -0.2) is 45.0 Å². The summed E-state index contributed by atoms with van der Waals surface area (Å²) in [6.07, 6.45) is 2.93. The Balaban J connectivity index is 1.29. The summed E-state index contributed by atoms with van der Waals surface area (Å²) >= 11 is 1.67. The van der Waals surface area contributed by atoms with Gasteiger partial charge in [-0.3, -0.25) is 9.88 Å². The monoisotopic (exact) mass is 374 g/mol. The van der Waals surface area contributed by atoms with E-state index in [1.54, 1.807) is 30.0 Å². The number of nitrogens with zero attached hydrogens (tertiary/aromatic N) is 2. The molecule has 1 aromatic carbocycles. The van der Waals surface area contributed by atoms with Crippen LogP contribution < -0.4 is 0 Å². The second-order valence-electron chi connectivity index (χ2n) is 7.34. The predicted octanol–water partition coefficient (Wildman–Crippen LogP) is 3.46. The summed E-state index contributed by atoms with van der Waals surface area (Å²) in [6.45, 7) is 2.53. The summed E-state index contributed by atoms with van der Waals surface area (Å²) < 4.78 is 13.8. The number of aromatic hydroxyl groups is 1. The first-order valence-corrected chi connectivity index (χ1v) is 9.93. The lowest BCUT2D eigenvalue weighted by molar-refractivity contribution is 0.118. The van der Waals surface area contributed by atoms with Crippen LogP contribution in [0.25, 0.3) is 0 Å². The Morgan fingerprint density at radius 2 is 1.88 bits per heavy atom. The van der Waals surface area contributed by atoms with Crippen molar-refractivity contribution < 1.29 is 14.6 Å². The molecule has 6 heteroatoms. The Kier molecular flexibility index (Phi) is 5.16. The van der Waals surface area contributed by atoms with Crippen LogP contribution >= 0.6 is 11.8 Å². The molecule has 2 unspecified atom stereocenters. The van der Waals surface area contributed by atoms with Gasteiger partial charge in [-0.2, -0.15) is 0 Å². The van der Waals surface area contributed by atoms with E-state index < -0.39 is 6.10 Å². The van der Waals surface area contributed by atoms with Crippen molar-refractivity contribution in [2.24, 2.45) is 11.8 Å². The zero-order valence-corrected chi connectivity index (χ0v) is 15.3. The molecule has 26 heavy (non-hydrogen) atoms. The number of pyridine rings is 1. The normalized spacial score (nSPS) is 26.8. The number of aromatic nitrogens is 1. The third kappa shape index (κ3) is 3.87. The third-order valence-corrected chi connectivity index (χ3v) is 6.76. The Hall–Kier alpha value is -1.63. The first-order valence-electron chi connectivity index (χ1n) is 9.05. The molecule has 4 nitrogen and oxygen atoms in total. The van der Waals surface area contributed by atoms with Crippen molar-refractivity contribution in [2.75, 3.05) is 19.6 Å². The van der Waals surface area contributed by atoms with Gasteiger partial charge in [-0.1, -0.05) is 12.1 Å². The van der Waals surface area contributed by atoms with Gasteiger partial charge in [0.15, 0.2) is 0 Å². The molecular weight excluding hydrogens is 351 g/mol. The van der Waals surface area contributed by atoms with Crippen LogP contribution in [0.5, 0.6) is 5.75 Å². The van der Waals surface area contributed by atoms with Crippen molar-refractivity contribution >= 4 is 11.8 Å². The maximum atomic E-state index is 13.8. The molecule has 1 aliphatic heterocycles. The van der Waals surface area contributed by atoms with Crippen LogP contribution in [0.15, 0.2) is 47.5 Å². The van der Waals surface area contributed by atoms with E-state index in [9.17, 15) is 14.6 Å². The molecule has 2 fully saturated rings. The summed E-state index contributed by atoms with van der Waals surface area (Å²) in [5.41, 5.74) is 0.591. The van der Waals surface area contributed by atoms with E-state index in [4.69, 9.17) is 0 Å². The van der Waals surface area contributed by atoms with E-state index in [-0.39, 0.29) is 11.6 Å². The number of benzene rings is 1. The van der Waals surface area contributed by atoms with Gasteiger partial charge in [-0.05, 0) is 48.9 Å². The molecule has 0 amide bonds. The number of thioether (sulfide) groups is 1. The molecule has 0 radical (unpaired) electrons. The molecule has 2 heterocycles. The number of β-amino-alcohol motifs (C(OH)–C–C–N with tert-alkyl or cyclic N) is 1. The minimum Gasteiger partial charge on any atom is -0.506 e. The Morgan fingerprint density at radius 1 is 1.15 bits per heavy atom. The Labute approximate surface area is 157 Å². The van der Waals surface area contributed by atoms with Crippen molar-refractivity contribution in [2.45, 2.75) is 29.1 Å². The molecule has 1 aromatic heterocycles. The average Bonchev–Trinajstić information content (AvgIpc) is 3.15. The van der Waals surface area contributed by atoms with Gasteiger partial charge in [0.25, 0.3) is 0 Å². The van der Waals surface area contributed by atoms with Gasteiger partial charge < -0.3 is 10.2 Å². The molecule has 2 aliphatic rings. The fraction of sp³-hybridized carbons (Fsp3) is 0.450. The topological polar surface area (TPSA) is 56.6 Å². The summed E-state index contributed by atoms with van der Waals surface area (Å²) in [4.78, 5) is 7.15. The molecule has 4 atom stereocenters. The van der Waals surface area contributed by atoms with Crippen LogP contribution in [0.3, 0.4) is 0 Å². The fourth-order valence-electron chi connectivity index (χ4n) is 4.24. The fourth-order valence-corrected chi connectivity index (χ4v) is 5.62. The Bertz CT molecular complexity index is 744. The lowest BCUT2D eigenvalue weighted by Crippen LogP contribution is -2.28. The van der Waals surface area contributed by atoms with Crippen LogP contribution in [-0.2, 0) is 0 Å². The van der Waals surface area contributed by atoms with Crippen LogP contribution in [0, 0.1) is 17.7 Å². The number of fused-ring (bicyclic) bond motifs is 1. The van der Waals surface area contributed by atoms with E-state index in [0.717, 1.165) is 30.8 Å². The lowest BCUT2D eigenvalue weighted by atomic mass is 10.0. The van der Waals surface area contributed by atoms with Gasteiger partial charge in [0.2, 0.25) is 0 Å². The number of halogens is 1. The summed E-state index contributed by atoms with van der Waals surface area (Å²) in [7, 11) is 0. The maximum absolute atomic E-state index is 13.8. The molecule has 1 saturated heterocycles. The van der Waals surface area contributed by atoms with Crippen molar-refractivity contribution in [3.63, 3.8) is 0 Å². The first-order chi connectivity index (χ1) is 12.6. The number of rotatable bonds is 5. The van der Waals surface area contributed by atoms with Crippen LogP contribution in [0.1, 0.15) is 24.6 Å². The molecule has 138 valence electrons. The van der Waals surface area contributed by atoms with E-state index in [0.29, 0.717) is 29.3 Å². The number of aliphatic hydroxyl groups is 1. The smallest absolute Gasteiger partial charge is 0.136 e. The molecule has 0 bridgehead atoms. The quantitative estimate of drug-likeness (QED) is 0.839. The van der Waals surface area contributed by atoms with Gasteiger partial charge in [0, 0.05) is 29.8 Å². The third-order valence-electron chi connectivity index (χ3n) is 5.46. The van der Waals surface area contributed by atoms with Crippen molar-refractivity contribution in [3.8, 4) is 5.75 Å². The number of likely N-dealkylation sites (tertiary alicyclic amines) is 1. The van der Waals surface area contributed by atoms with E-state index >= 15 is 0 Å². The molecule has 0 spiro atoms. The van der Waals surface area contributed by atoms with E-state index in [1.807, 2.05) is 12.1 Å². The summed E-state index contributed by atoms with van der Waals surface area (Å²) in [5, 5.41) is 20.2. The second-order valence-corrected chi connectivity index (χ2v) is 8.68. The van der Waals surface area contributed by atoms with E-state index in [2.05, 4.69) is 9.88 Å². The number of aliphatic hydroxyl groups excluding tert-OH is 1. The zero-order valence-electron chi connectivity index (χ0n) is 14.5. The Morgan fingerprint density at radius 3 is 2.54 bits per heavy atom. The van der Waals surface area contributed by atoms with Gasteiger partial charge >= 0.3 is 0 Å². The van der Waals surface area contributed by atoms with Gasteiger partial charge in [0.05, 0.1) is 11.9 Å². The second kappa shape index (κ2) is 7.55. The zero-order chi connectivity index (χ0) is 18.1. The standard InChI is InChI=1S/C20H23FN2O2S/c21-17-3-1-2-4-20(17)26-16-7-13-10-23(11-14(13)8-16)12-19(25)18-6-5-15(24)9-22-18/h1-6,9,13-14,16,19,24-25H,7-8,10-12H2/t13-,14+,16?,19?. The highest BCUT2D eigenvalue weighted by atomic mass is 32.2. The van der Waals surface area contributed by atoms with Gasteiger partial charge in [-0.25, -0.2) is 4.39 Å².